The van der Waals surface area contributed by atoms with Gasteiger partial charge in [0.1, 0.15) is 16.6 Å². The second-order valence-electron chi connectivity index (χ2n) is 2.20. The summed E-state index contributed by atoms with van der Waals surface area (Å²) >= 11 is 11.3. The molecule has 0 fully saturated rings. The number of hydrogen-bond donors (Lipinski definition) is 0. The number of nitrogens with zero attached hydrogens (tertiary/aromatic N) is 2. The highest BCUT2D eigenvalue weighted by molar-refractivity contribution is 6.31. The van der Waals surface area contributed by atoms with Gasteiger partial charge in [-0.3, -0.25) is 0 Å². The first kappa shape index (κ1) is 10.3. The van der Waals surface area contributed by atoms with Crippen molar-refractivity contribution in [1.82, 2.24) is 9.97 Å². The van der Waals surface area contributed by atoms with Crippen LogP contribution in [0.3, 0.4) is 0 Å². The summed E-state index contributed by atoms with van der Waals surface area (Å²) in [7, 11) is 0. The molecule has 0 N–H and O–H groups in total. The third-order valence-corrected chi connectivity index (χ3v) is 1.63. The van der Waals surface area contributed by atoms with Gasteiger partial charge < -0.3 is 4.74 Å². The van der Waals surface area contributed by atoms with Crippen LogP contribution >= 0.6 is 23.2 Å². The van der Waals surface area contributed by atoms with E-state index in [1.54, 1.807) is 6.07 Å². The van der Waals surface area contributed by atoms with Crippen LogP contribution in [0.2, 0.25) is 10.4 Å². The molecule has 13 heavy (non-hydrogen) atoms. The second kappa shape index (κ2) is 4.44. The van der Waals surface area contributed by atoms with Gasteiger partial charge in [-0.25, -0.2) is 9.97 Å². The zero-order valence-electron chi connectivity index (χ0n) is 7.05. The number of hydrogen-bond acceptors (Lipinski definition) is 3. The summed E-state index contributed by atoms with van der Waals surface area (Å²) in [5.74, 6) is 0.439. The maximum atomic E-state index is 5.66. The molecule has 0 amide bonds. The maximum Gasteiger partial charge on any atom is 0.224 e. The molecule has 0 saturated heterocycles. The van der Waals surface area contributed by atoms with Crippen LogP contribution in [0.15, 0.2) is 12.6 Å². The molecule has 1 heterocycles. The van der Waals surface area contributed by atoms with E-state index in [1.807, 2.05) is 6.92 Å². The third kappa shape index (κ3) is 2.86. The van der Waals surface area contributed by atoms with Gasteiger partial charge in [0.25, 0.3) is 0 Å². The Morgan fingerprint density at radius 1 is 1.54 bits per heavy atom. The Balaban J connectivity index is 2.94. The van der Waals surface area contributed by atoms with E-state index >= 15 is 0 Å². The van der Waals surface area contributed by atoms with Gasteiger partial charge in [-0.15, -0.1) is 0 Å². The van der Waals surface area contributed by atoms with Crippen LogP contribution in [0.25, 0.3) is 5.76 Å². The van der Waals surface area contributed by atoms with Gasteiger partial charge in [-0.05, 0) is 18.5 Å². The zero-order valence-corrected chi connectivity index (χ0v) is 8.56. The van der Waals surface area contributed by atoms with Crippen LogP contribution in [0.4, 0.5) is 0 Å². The van der Waals surface area contributed by atoms with Crippen LogP contribution in [-0.4, -0.2) is 16.6 Å². The topological polar surface area (TPSA) is 35.0 Å². The lowest BCUT2D eigenvalue weighted by molar-refractivity contribution is 0.297. The van der Waals surface area contributed by atoms with Crippen LogP contribution in [-0.2, 0) is 4.74 Å². The summed E-state index contributed by atoms with van der Waals surface area (Å²) in [6, 6.07) is 1.55. The van der Waals surface area contributed by atoms with Gasteiger partial charge in [-0.1, -0.05) is 18.2 Å². The predicted molar refractivity (Wildman–Crippen MR) is 52.7 cm³/mol. The highest BCUT2D eigenvalue weighted by Gasteiger charge is 2.05. The third-order valence-electron chi connectivity index (χ3n) is 1.27. The fraction of sp³-hybridized carbons (Fsp3) is 0.250. The van der Waals surface area contributed by atoms with Crippen molar-refractivity contribution >= 4 is 29.0 Å². The smallest absolute Gasteiger partial charge is 0.224 e. The Kier molecular flexibility index (Phi) is 3.51. The molecule has 3 nitrogen and oxygen atoms in total. The fourth-order valence-electron chi connectivity index (χ4n) is 0.781. The molecule has 0 unspecified atom stereocenters. The standard InChI is InChI=1S/C8H8Cl2N2O/c1-3-13-5(2)6-4-7(9)12-8(10)11-6/h4H,2-3H2,1H3. The number of rotatable bonds is 3. The maximum absolute atomic E-state index is 5.66. The lowest BCUT2D eigenvalue weighted by Crippen LogP contribution is -1.95. The normalized spacial score (nSPS) is 9.77. The predicted octanol–water partition coefficient (Wildman–Crippen LogP) is 2.79. The van der Waals surface area contributed by atoms with Gasteiger partial charge in [0.15, 0.2) is 0 Å². The van der Waals surface area contributed by atoms with Crippen molar-refractivity contribution in [3.05, 3.63) is 28.8 Å². The average molecular weight is 219 g/mol. The molecule has 0 saturated carbocycles. The molecular weight excluding hydrogens is 211 g/mol. The van der Waals surface area contributed by atoms with Crippen molar-refractivity contribution in [3.8, 4) is 0 Å². The van der Waals surface area contributed by atoms with Crippen molar-refractivity contribution in [2.24, 2.45) is 0 Å². The monoisotopic (exact) mass is 218 g/mol. The summed E-state index contributed by atoms with van der Waals surface area (Å²) in [6.07, 6.45) is 0. The lowest BCUT2D eigenvalue weighted by atomic mass is 10.4. The largest absolute Gasteiger partial charge is 0.492 e. The SMILES string of the molecule is C=C(OCC)c1cc(Cl)nc(Cl)n1. The molecular formula is C8H8Cl2N2O. The van der Waals surface area contributed by atoms with Gasteiger partial charge in [0.05, 0.1) is 6.61 Å². The van der Waals surface area contributed by atoms with Crippen molar-refractivity contribution in [2.45, 2.75) is 6.92 Å². The molecule has 0 aliphatic heterocycles. The van der Waals surface area contributed by atoms with Gasteiger partial charge in [0.2, 0.25) is 5.28 Å². The van der Waals surface area contributed by atoms with Crippen LogP contribution in [0.5, 0.6) is 0 Å². The van der Waals surface area contributed by atoms with E-state index in [2.05, 4.69) is 16.5 Å². The first-order chi connectivity index (χ1) is 6.13. The van der Waals surface area contributed by atoms with E-state index in [1.165, 1.54) is 0 Å². The molecule has 1 aromatic heterocycles. The molecule has 0 aliphatic carbocycles. The fourth-order valence-corrected chi connectivity index (χ4v) is 1.19. The summed E-state index contributed by atoms with van der Waals surface area (Å²) in [5.41, 5.74) is 0.506. The highest BCUT2D eigenvalue weighted by atomic mass is 35.5. The molecule has 0 atom stereocenters. The van der Waals surface area contributed by atoms with E-state index in [-0.39, 0.29) is 10.4 Å². The summed E-state index contributed by atoms with van der Waals surface area (Å²) in [4.78, 5) is 7.60. The van der Waals surface area contributed by atoms with Crippen LogP contribution in [0, 0.1) is 0 Å². The zero-order chi connectivity index (χ0) is 9.84. The average Bonchev–Trinajstić information content (AvgIpc) is 2.03. The van der Waals surface area contributed by atoms with Crippen LogP contribution < -0.4 is 0 Å². The molecule has 5 heteroatoms. The first-order valence-corrected chi connectivity index (χ1v) is 4.41. The summed E-state index contributed by atoms with van der Waals surface area (Å²) in [6.45, 7) is 6.05. The Bertz CT molecular complexity index is 308. The Hall–Kier alpha value is -0.800. The molecule has 1 rings (SSSR count). The van der Waals surface area contributed by atoms with E-state index in [4.69, 9.17) is 27.9 Å². The van der Waals surface area contributed by atoms with E-state index in [9.17, 15) is 0 Å². The minimum Gasteiger partial charge on any atom is -0.492 e. The molecule has 1 aromatic rings. The van der Waals surface area contributed by atoms with Crippen molar-refractivity contribution in [1.29, 1.82) is 0 Å². The van der Waals surface area contributed by atoms with E-state index in [0.717, 1.165) is 0 Å². The molecule has 0 aromatic carbocycles. The van der Waals surface area contributed by atoms with Crippen molar-refractivity contribution in [3.63, 3.8) is 0 Å². The minimum atomic E-state index is 0.0864. The van der Waals surface area contributed by atoms with E-state index < -0.39 is 0 Å². The van der Waals surface area contributed by atoms with E-state index in [0.29, 0.717) is 18.1 Å². The minimum absolute atomic E-state index is 0.0864. The van der Waals surface area contributed by atoms with Crippen molar-refractivity contribution in [2.75, 3.05) is 6.61 Å². The number of ether oxygens (including phenoxy) is 1. The second-order valence-corrected chi connectivity index (χ2v) is 2.93. The van der Waals surface area contributed by atoms with Gasteiger partial charge in [-0.2, -0.15) is 0 Å². The quantitative estimate of drug-likeness (QED) is 0.445. The molecule has 0 aliphatic rings. The lowest BCUT2D eigenvalue weighted by Gasteiger charge is -2.05. The number of aromatic nitrogens is 2. The molecule has 0 bridgehead atoms. The number of halogens is 2. The Morgan fingerprint density at radius 3 is 2.77 bits per heavy atom. The van der Waals surface area contributed by atoms with Gasteiger partial charge >= 0.3 is 0 Å². The van der Waals surface area contributed by atoms with Gasteiger partial charge in [0, 0.05) is 6.07 Å². The Morgan fingerprint density at radius 2 is 2.23 bits per heavy atom. The molecule has 0 radical (unpaired) electrons. The molecule has 0 spiro atoms. The van der Waals surface area contributed by atoms with Crippen molar-refractivity contribution < 1.29 is 4.74 Å². The Labute approximate surface area is 86.4 Å². The first-order valence-electron chi connectivity index (χ1n) is 3.65. The summed E-state index contributed by atoms with van der Waals surface area (Å²) < 4.78 is 5.14. The summed E-state index contributed by atoms with van der Waals surface area (Å²) in [5, 5.41) is 0.360. The molecule has 70 valence electrons. The highest BCUT2D eigenvalue weighted by Crippen LogP contribution is 2.17. The van der Waals surface area contributed by atoms with Crippen LogP contribution in [0.1, 0.15) is 12.6 Å².